The van der Waals surface area contributed by atoms with Crippen LogP contribution in [-0.2, 0) is 11.2 Å². The fourth-order valence-electron chi connectivity index (χ4n) is 2.76. The largest absolute Gasteiger partial charge is 0.338 e. The molecule has 6 nitrogen and oxygen atoms in total. The Labute approximate surface area is 158 Å². The smallest absolute Gasteiger partial charge is 0.325 e. The van der Waals surface area contributed by atoms with Gasteiger partial charge >= 0.3 is 6.03 Å². The highest BCUT2D eigenvalue weighted by atomic mass is 32.1. The van der Waals surface area contributed by atoms with E-state index in [1.165, 1.54) is 11.3 Å². The quantitative estimate of drug-likeness (QED) is 0.792. The lowest BCUT2D eigenvalue weighted by atomic mass is 10.2. The van der Waals surface area contributed by atoms with Crippen LogP contribution in [-0.4, -0.2) is 33.9 Å². The summed E-state index contributed by atoms with van der Waals surface area (Å²) in [7, 11) is 0. The van der Waals surface area contributed by atoms with Gasteiger partial charge in [0, 0.05) is 23.2 Å². The van der Waals surface area contributed by atoms with Crippen LogP contribution < -0.4 is 10.6 Å². The van der Waals surface area contributed by atoms with Crippen LogP contribution >= 0.6 is 11.3 Å². The molecule has 2 aromatic rings. The van der Waals surface area contributed by atoms with Crippen LogP contribution in [0.25, 0.3) is 0 Å². The van der Waals surface area contributed by atoms with E-state index in [2.05, 4.69) is 15.6 Å². The minimum Gasteiger partial charge on any atom is -0.338 e. The van der Waals surface area contributed by atoms with E-state index in [-0.39, 0.29) is 30.4 Å². The Morgan fingerprint density at radius 3 is 2.27 bits per heavy atom. The summed E-state index contributed by atoms with van der Waals surface area (Å²) in [5, 5.41) is 7.74. The Bertz CT molecular complexity index is 745. The van der Waals surface area contributed by atoms with Crippen LogP contribution in [0.15, 0.2) is 29.6 Å². The molecule has 3 amide bonds. The molecule has 7 heteroatoms. The van der Waals surface area contributed by atoms with Gasteiger partial charge < -0.3 is 10.2 Å². The van der Waals surface area contributed by atoms with Crippen molar-refractivity contribution in [1.29, 1.82) is 0 Å². The maximum atomic E-state index is 12.5. The molecule has 0 saturated carbocycles. The number of carbonyl (C=O) groups is 2. The molecule has 1 heterocycles. The molecule has 1 aromatic carbocycles. The molecule has 1 aromatic heterocycles. The molecule has 0 fully saturated rings. The molecule has 0 spiro atoms. The maximum absolute atomic E-state index is 12.5. The first kappa shape index (κ1) is 19.9. The van der Waals surface area contributed by atoms with Crippen LogP contribution in [0, 0.1) is 6.92 Å². The number of nitrogens with zero attached hydrogens (tertiary/aromatic N) is 2. The molecule has 26 heavy (non-hydrogen) atoms. The molecule has 2 N–H and O–H groups in total. The van der Waals surface area contributed by atoms with Crippen molar-refractivity contribution in [2.75, 3.05) is 10.6 Å². The number of thiazole rings is 1. The second-order valence-electron chi connectivity index (χ2n) is 6.75. The van der Waals surface area contributed by atoms with Gasteiger partial charge in [-0.25, -0.2) is 9.78 Å². The lowest BCUT2D eigenvalue weighted by molar-refractivity contribution is -0.134. The van der Waals surface area contributed by atoms with Crippen molar-refractivity contribution in [1.82, 2.24) is 9.88 Å². The minimum atomic E-state index is -0.355. The summed E-state index contributed by atoms with van der Waals surface area (Å²) in [6, 6.07) is 7.46. The minimum absolute atomic E-state index is 0.0379. The van der Waals surface area contributed by atoms with E-state index in [1.807, 2.05) is 63.8 Å². The predicted octanol–water partition coefficient (Wildman–Crippen LogP) is 4.28. The van der Waals surface area contributed by atoms with Gasteiger partial charge in [0.05, 0.1) is 12.1 Å². The van der Waals surface area contributed by atoms with E-state index in [4.69, 9.17) is 0 Å². The molecule has 0 aliphatic heterocycles. The number of aryl methyl sites for hydroxylation is 1. The lowest BCUT2D eigenvalue weighted by Gasteiger charge is -2.30. The SMILES string of the molecule is Cc1ccc(NC(=O)Nc2nc(CC(=O)N(C(C)C)C(C)C)cs2)cc1. The first-order valence-corrected chi connectivity index (χ1v) is 9.54. The number of amides is 3. The fourth-order valence-corrected chi connectivity index (χ4v) is 3.47. The summed E-state index contributed by atoms with van der Waals surface area (Å²) < 4.78 is 0. The molecule has 2 rings (SSSR count). The second kappa shape index (κ2) is 8.80. The molecule has 0 unspecified atom stereocenters. The van der Waals surface area contributed by atoms with Crippen molar-refractivity contribution in [3.05, 3.63) is 40.9 Å². The highest BCUT2D eigenvalue weighted by Crippen LogP contribution is 2.18. The fraction of sp³-hybridized carbons (Fsp3) is 0.421. The van der Waals surface area contributed by atoms with Crippen molar-refractivity contribution < 1.29 is 9.59 Å². The van der Waals surface area contributed by atoms with E-state index in [9.17, 15) is 9.59 Å². The summed E-state index contributed by atoms with van der Waals surface area (Å²) in [6.07, 6.45) is 0.230. The molecule has 0 aliphatic rings. The van der Waals surface area contributed by atoms with Gasteiger partial charge in [0.2, 0.25) is 5.91 Å². The average molecular weight is 375 g/mol. The molecule has 0 saturated heterocycles. The Hall–Kier alpha value is -2.41. The lowest BCUT2D eigenvalue weighted by Crippen LogP contribution is -2.42. The maximum Gasteiger partial charge on any atom is 0.325 e. The monoisotopic (exact) mass is 374 g/mol. The summed E-state index contributed by atoms with van der Waals surface area (Å²) in [5.41, 5.74) is 2.50. The average Bonchev–Trinajstić information content (AvgIpc) is 2.95. The molecular weight excluding hydrogens is 348 g/mol. The Morgan fingerprint density at radius 2 is 1.69 bits per heavy atom. The van der Waals surface area contributed by atoms with E-state index < -0.39 is 0 Å². The zero-order valence-corrected chi connectivity index (χ0v) is 16.7. The topological polar surface area (TPSA) is 74.3 Å². The molecule has 0 atom stereocenters. The third-order valence-electron chi connectivity index (χ3n) is 3.81. The summed E-state index contributed by atoms with van der Waals surface area (Å²) in [5.74, 6) is 0.0379. The van der Waals surface area contributed by atoms with E-state index in [0.717, 1.165) is 5.56 Å². The van der Waals surface area contributed by atoms with Crippen LogP contribution in [0.4, 0.5) is 15.6 Å². The van der Waals surface area contributed by atoms with Gasteiger partial charge in [-0.15, -0.1) is 11.3 Å². The zero-order chi connectivity index (χ0) is 19.3. The molecule has 0 bridgehead atoms. The predicted molar refractivity (Wildman–Crippen MR) is 107 cm³/mol. The van der Waals surface area contributed by atoms with Gasteiger partial charge in [0.25, 0.3) is 0 Å². The summed E-state index contributed by atoms with van der Waals surface area (Å²) in [4.78, 5) is 30.7. The number of hydrogen-bond acceptors (Lipinski definition) is 4. The van der Waals surface area contributed by atoms with Crippen LogP contribution in [0.2, 0.25) is 0 Å². The molecule has 0 aliphatic carbocycles. The standard InChI is InChI=1S/C19H26N4O2S/c1-12(2)23(13(3)4)17(24)10-16-11-26-19(21-16)22-18(25)20-15-8-6-14(5)7-9-15/h6-9,11-13H,10H2,1-5H3,(H2,20,21,22,25). The number of hydrogen-bond donors (Lipinski definition) is 2. The van der Waals surface area contributed by atoms with Gasteiger partial charge in [-0.05, 0) is 46.8 Å². The number of nitrogens with one attached hydrogen (secondary N) is 2. The molecule has 140 valence electrons. The molecular formula is C19H26N4O2S. The van der Waals surface area contributed by atoms with Gasteiger partial charge in [-0.2, -0.15) is 0 Å². The zero-order valence-electron chi connectivity index (χ0n) is 15.9. The Kier molecular flexibility index (Phi) is 6.74. The highest BCUT2D eigenvalue weighted by Gasteiger charge is 2.21. The normalized spacial score (nSPS) is 10.9. The summed E-state index contributed by atoms with van der Waals surface area (Å²) >= 11 is 1.31. The van der Waals surface area contributed by atoms with E-state index in [0.29, 0.717) is 16.5 Å². The van der Waals surface area contributed by atoms with Crippen molar-refractivity contribution >= 4 is 34.1 Å². The third-order valence-corrected chi connectivity index (χ3v) is 4.62. The van der Waals surface area contributed by atoms with Gasteiger partial charge in [-0.1, -0.05) is 17.7 Å². The Balaban J connectivity index is 1.93. The summed E-state index contributed by atoms with van der Waals surface area (Å²) in [6.45, 7) is 9.99. The first-order valence-electron chi connectivity index (χ1n) is 8.66. The second-order valence-corrected chi connectivity index (χ2v) is 7.61. The van der Waals surface area contributed by atoms with E-state index >= 15 is 0 Å². The van der Waals surface area contributed by atoms with Gasteiger partial charge in [0.1, 0.15) is 0 Å². The van der Waals surface area contributed by atoms with Crippen molar-refractivity contribution in [3.8, 4) is 0 Å². The van der Waals surface area contributed by atoms with Crippen LogP contribution in [0.3, 0.4) is 0 Å². The Morgan fingerprint density at radius 1 is 1.08 bits per heavy atom. The third kappa shape index (κ3) is 5.56. The number of benzene rings is 1. The highest BCUT2D eigenvalue weighted by molar-refractivity contribution is 7.14. The van der Waals surface area contributed by atoms with Gasteiger partial charge in [0.15, 0.2) is 5.13 Å². The number of carbonyl (C=O) groups excluding carboxylic acids is 2. The number of anilines is 2. The van der Waals surface area contributed by atoms with Crippen LogP contribution in [0.1, 0.15) is 39.0 Å². The number of rotatable bonds is 6. The van der Waals surface area contributed by atoms with Crippen LogP contribution in [0.5, 0.6) is 0 Å². The first-order chi connectivity index (χ1) is 12.3. The van der Waals surface area contributed by atoms with Gasteiger partial charge in [-0.3, -0.25) is 10.1 Å². The number of aromatic nitrogens is 1. The number of urea groups is 1. The van der Waals surface area contributed by atoms with E-state index in [1.54, 1.807) is 5.38 Å². The van der Waals surface area contributed by atoms with Crippen molar-refractivity contribution in [2.24, 2.45) is 0 Å². The van der Waals surface area contributed by atoms with Crippen molar-refractivity contribution in [3.63, 3.8) is 0 Å². The molecule has 0 radical (unpaired) electrons. The van der Waals surface area contributed by atoms with Crippen molar-refractivity contribution in [2.45, 2.75) is 53.1 Å².